The van der Waals surface area contributed by atoms with Crippen LogP contribution in [0.4, 0.5) is 0 Å². The van der Waals surface area contributed by atoms with Crippen molar-refractivity contribution in [3.63, 3.8) is 0 Å². The second kappa shape index (κ2) is 5.44. The number of hydrogen-bond acceptors (Lipinski definition) is 2. The normalized spacial score (nSPS) is 9.69. The summed E-state index contributed by atoms with van der Waals surface area (Å²) in [6.07, 6.45) is 0. The van der Waals surface area contributed by atoms with Crippen LogP contribution >= 0.6 is 0 Å². The molecule has 0 fully saturated rings. The molecule has 0 saturated heterocycles. The van der Waals surface area contributed by atoms with Gasteiger partial charge in [-0.3, -0.25) is 4.55 Å². The van der Waals surface area contributed by atoms with Crippen LogP contribution in [-0.2, 0) is 29.6 Å². The first-order valence-corrected chi connectivity index (χ1v) is 4.49. The van der Waals surface area contributed by atoms with Crippen LogP contribution in [0.25, 0.3) is 0 Å². The minimum Gasteiger partial charge on any atom is -0.412 e. The van der Waals surface area contributed by atoms with Crippen LogP contribution in [0.3, 0.4) is 0 Å². The Hall–Kier alpha value is -0.287. The molecule has 0 saturated carbocycles. The molecule has 13 heavy (non-hydrogen) atoms. The van der Waals surface area contributed by atoms with Crippen LogP contribution < -0.4 is 0 Å². The largest absolute Gasteiger partial charge is 0.412 e. The molecule has 6 heteroatoms. The van der Waals surface area contributed by atoms with E-state index < -0.39 is 10.1 Å². The summed E-state index contributed by atoms with van der Waals surface area (Å²) < 4.78 is 29.9. The Bertz CT molecular complexity index is 361. The molecule has 3 N–H and O–H groups in total. The number of rotatable bonds is 1. The fourth-order valence-corrected chi connectivity index (χ4v) is 1.57. The standard InChI is InChI=1S/C7H8O3S.H2O.Zn/c1-6-4-2-3-5-7(6)11(8,9)10;;/h2-5H,1H3,(H,8,9,10);1H2;. The van der Waals surface area contributed by atoms with Gasteiger partial charge in [0.2, 0.25) is 0 Å². The maximum atomic E-state index is 10.6. The zero-order valence-electron chi connectivity index (χ0n) is 7.19. The SMILES string of the molecule is Cc1ccccc1S(=O)(=O)O.O.[Zn]. The van der Waals surface area contributed by atoms with Gasteiger partial charge in [-0.05, 0) is 18.6 Å². The molecular weight excluding hydrogens is 246 g/mol. The summed E-state index contributed by atoms with van der Waals surface area (Å²) in [5.74, 6) is 0. The molecule has 0 aromatic heterocycles. The second-order valence-electron chi connectivity index (χ2n) is 2.24. The van der Waals surface area contributed by atoms with Gasteiger partial charge in [-0.1, -0.05) is 18.2 Å². The Morgan fingerprint density at radius 3 is 2.00 bits per heavy atom. The molecule has 0 bridgehead atoms. The average molecular weight is 256 g/mol. The van der Waals surface area contributed by atoms with E-state index in [1.807, 2.05) is 0 Å². The summed E-state index contributed by atoms with van der Waals surface area (Å²) in [4.78, 5) is -0.0278. The van der Waals surface area contributed by atoms with Gasteiger partial charge in [0.1, 0.15) is 0 Å². The van der Waals surface area contributed by atoms with E-state index in [9.17, 15) is 8.42 Å². The Kier molecular flexibility index (Phi) is 6.37. The fourth-order valence-electron chi connectivity index (χ4n) is 0.846. The smallest absolute Gasteiger partial charge is 0.294 e. The van der Waals surface area contributed by atoms with Crippen molar-refractivity contribution in [3.8, 4) is 0 Å². The molecule has 1 aromatic carbocycles. The molecular formula is C7H10O4SZn. The van der Waals surface area contributed by atoms with Crippen molar-refractivity contribution in [2.45, 2.75) is 11.8 Å². The molecule has 0 aliphatic carbocycles. The van der Waals surface area contributed by atoms with E-state index in [0.29, 0.717) is 5.56 Å². The van der Waals surface area contributed by atoms with Gasteiger partial charge < -0.3 is 5.48 Å². The minimum atomic E-state index is -4.03. The van der Waals surface area contributed by atoms with Crippen molar-refractivity contribution < 1.29 is 37.9 Å². The second-order valence-corrected chi connectivity index (χ2v) is 3.63. The molecule has 0 unspecified atom stereocenters. The third-order valence-corrected chi connectivity index (χ3v) is 2.39. The van der Waals surface area contributed by atoms with E-state index in [1.165, 1.54) is 6.07 Å². The monoisotopic (exact) mass is 254 g/mol. The quantitative estimate of drug-likeness (QED) is 0.583. The van der Waals surface area contributed by atoms with Crippen LogP contribution in [0, 0.1) is 6.92 Å². The molecule has 0 heterocycles. The van der Waals surface area contributed by atoms with Crippen molar-refractivity contribution >= 4 is 10.1 Å². The Morgan fingerprint density at radius 2 is 1.69 bits per heavy atom. The van der Waals surface area contributed by atoms with Crippen molar-refractivity contribution in [1.29, 1.82) is 0 Å². The van der Waals surface area contributed by atoms with Gasteiger partial charge in [0, 0.05) is 19.5 Å². The topological polar surface area (TPSA) is 85.9 Å². The van der Waals surface area contributed by atoms with Crippen LogP contribution in [-0.4, -0.2) is 18.4 Å². The molecule has 0 aliphatic heterocycles. The number of benzene rings is 1. The van der Waals surface area contributed by atoms with Gasteiger partial charge in [-0.15, -0.1) is 0 Å². The molecule has 0 aliphatic rings. The van der Waals surface area contributed by atoms with E-state index in [0.717, 1.165) is 0 Å². The minimum absolute atomic E-state index is 0. The van der Waals surface area contributed by atoms with Crippen LogP contribution in [0.1, 0.15) is 5.56 Å². The van der Waals surface area contributed by atoms with Gasteiger partial charge in [-0.2, -0.15) is 8.42 Å². The summed E-state index contributed by atoms with van der Waals surface area (Å²) in [6, 6.07) is 6.27. The summed E-state index contributed by atoms with van der Waals surface area (Å²) in [7, 11) is -4.03. The van der Waals surface area contributed by atoms with Crippen LogP contribution in [0.5, 0.6) is 0 Å². The molecule has 4 nitrogen and oxygen atoms in total. The molecule has 0 radical (unpaired) electrons. The zero-order chi connectivity index (χ0) is 8.48. The predicted octanol–water partition coefficient (Wildman–Crippen LogP) is 0.415. The summed E-state index contributed by atoms with van der Waals surface area (Å²) >= 11 is 0. The molecule has 0 spiro atoms. The van der Waals surface area contributed by atoms with Gasteiger partial charge in [0.25, 0.3) is 10.1 Å². The molecule has 1 aromatic rings. The Labute approximate surface area is 89.8 Å². The van der Waals surface area contributed by atoms with Crippen molar-refractivity contribution in [1.82, 2.24) is 0 Å². The maximum absolute atomic E-state index is 10.6. The van der Waals surface area contributed by atoms with Gasteiger partial charge >= 0.3 is 0 Å². The molecule has 0 atom stereocenters. The van der Waals surface area contributed by atoms with Gasteiger partial charge in [0.15, 0.2) is 0 Å². The first-order chi connectivity index (χ1) is 5.02. The van der Waals surface area contributed by atoms with E-state index in [2.05, 4.69) is 0 Å². The predicted molar refractivity (Wildman–Crippen MR) is 44.6 cm³/mol. The first kappa shape index (κ1) is 15.2. The van der Waals surface area contributed by atoms with Crippen LogP contribution in [0.2, 0.25) is 0 Å². The van der Waals surface area contributed by atoms with Crippen molar-refractivity contribution in [2.75, 3.05) is 0 Å². The number of aryl methyl sites for hydroxylation is 1. The van der Waals surface area contributed by atoms with Gasteiger partial charge in [-0.25, -0.2) is 0 Å². The summed E-state index contributed by atoms with van der Waals surface area (Å²) in [5, 5.41) is 0. The first-order valence-electron chi connectivity index (χ1n) is 3.05. The fraction of sp³-hybridized carbons (Fsp3) is 0.143. The summed E-state index contributed by atoms with van der Waals surface area (Å²) in [6.45, 7) is 1.63. The molecule has 0 amide bonds. The zero-order valence-corrected chi connectivity index (χ0v) is 11.0. The Balaban J connectivity index is 0. The van der Waals surface area contributed by atoms with Gasteiger partial charge in [0.05, 0.1) is 4.90 Å². The Morgan fingerprint density at radius 1 is 1.23 bits per heavy atom. The average Bonchev–Trinajstić information content (AvgIpc) is 1.86. The third-order valence-electron chi connectivity index (χ3n) is 1.37. The third kappa shape index (κ3) is 3.96. The van der Waals surface area contributed by atoms with E-state index in [-0.39, 0.29) is 29.8 Å². The maximum Gasteiger partial charge on any atom is 0.294 e. The number of hydrogen-bond donors (Lipinski definition) is 1. The molecule has 1 rings (SSSR count). The van der Waals surface area contributed by atoms with E-state index in [1.54, 1.807) is 25.1 Å². The summed E-state index contributed by atoms with van der Waals surface area (Å²) in [5.41, 5.74) is 0.551. The van der Waals surface area contributed by atoms with Crippen molar-refractivity contribution in [2.24, 2.45) is 0 Å². The van der Waals surface area contributed by atoms with Crippen molar-refractivity contribution in [3.05, 3.63) is 29.8 Å². The van der Waals surface area contributed by atoms with E-state index >= 15 is 0 Å². The molecule has 70 valence electrons. The van der Waals surface area contributed by atoms with Crippen LogP contribution in [0.15, 0.2) is 29.2 Å². The van der Waals surface area contributed by atoms with E-state index in [4.69, 9.17) is 4.55 Å².